The van der Waals surface area contributed by atoms with E-state index in [1.165, 1.54) is 12.8 Å². The molecule has 8 heavy (non-hydrogen) atoms. The lowest BCUT2D eigenvalue weighted by atomic mass is 10.0. The Bertz CT molecular complexity index is 112. The van der Waals surface area contributed by atoms with Crippen molar-refractivity contribution >= 4 is 0 Å². The monoisotopic (exact) mass is 109 g/mol. The zero-order chi connectivity index (χ0) is 5.98. The molecule has 2 atom stereocenters. The Morgan fingerprint density at radius 2 is 2.25 bits per heavy atom. The largest absolute Gasteiger partial charge is 0.198 e. The first kappa shape index (κ1) is 5.62. The van der Waals surface area contributed by atoms with Gasteiger partial charge in [-0.25, -0.2) is 0 Å². The molecule has 0 N–H and O–H groups in total. The Morgan fingerprint density at radius 1 is 1.50 bits per heavy atom. The summed E-state index contributed by atoms with van der Waals surface area (Å²) in [7, 11) is 0. The van der Waals surface area contributed by atoms with Crippen LogP contribution in [0.1, 0.15) is 26.2 Å². The van der Waals surface area contributed by atoms with Crippen LogP contribution in [0.4, 0.5) is 0 Å². The summed E-state index contributed by atoms with van der Waals surface area (Å²) in [5, 5.41) is 8.49. The highest BCUT2D eigenvalue weighted by Gasteiger charge is 2.21. The average molecular weight is 109 g/mol. The molecule has 0 saturated heterocycles. The van der Waals surface area contributed by atoms with Crippen LogP contribution in [-0.2, 0) is 0 Å². The molecule has 44 valence electrons. The second-order valence-corrected chi connectivity index (χ2v) is 2.64. The topological polar surface area (TPSA) is 23.8 Å². The number of hydrogen-bond donors (Lipinski definition) is 0. The van der Waals surface area contributed by atoms with Gasteiger partial charge in [-0.05, 0) is 18.8 Å². The molecule has 1 nitrogen and oxygen atoms in total. The summed E-state index contributed by atoms with van der Waals surface area (Å²) in [5.74, 6) is 1.04. The van der Waals surface area contributed by atoms with E-state index in [9.17, 15) is 0 Å². The highest BCUT2D eigenvalue weighted by Crippen LogP contribution is 2.29. The molecule has 1 saturated carbocycles. The minimum Gasteiger partial charge on any atom is -0.198 e. The van der Waals surface area contributed by atoms with Gasteiger partial charge >= 0.3 is 0 Å². The van der Waals surface area contributed by atoms with Gasteiger partial charge in [-0.2, -0.15) is 5.26 Å². The molecular formula is C7H11N. The molecule has 0 amide bonds. The van der Waals surface area contributed by atoms with Crippen molar-refractivity contribution in [1.82, 2.24) is 0 Å². The molecule has 1 fully saturated rings. The third-order valence-corrected chi connectivity index (χ3v) is 2.03. The van der Waals surface area contributed by atoms with Gasteiger partial charge in [0.25, 0.3) is 0 Å². The van der Waals surface area contributed by atoms with Gasteiger partial charge < -0.3 is 0 Å². The lowest BCUT2D eigenvalue weighted by Crippen LogP contribution is -1.98. The van der Waals surface area contributed by atoms with Crippen LogP contribution in [0.2, 0.25) is 0 Å². The number of rotatable bonds is 0. The quantitative estimate of drug-likeness (QED) is 0.466. The summed E-state index contributed by atoms with van der Waals surface area (Å²) in [4.78, 5) is 0. The highest BCUT2D eigenvalue weighted by molar-refractivity contribution is 4.90. The van der Waals surface area contributed by atoms with Crippen LogP contribution in [0, 0.1) is 23.2 Å². The Balaban J connectivity index is 2.45. The maximum atomic E-state index is 8.49. The second-order valence-electron chi connectivity index (χ2n) is 2.64. The average Bonchev–Trinajstić information content (AvgIpc) is 2.14. The Kier molecular flexibility index (Phi) is 1.53. The standard InChI is InChI=1S/C7H11N/c1-6-3-2-4-7(6)5-8/h6-7H,2-4H2,1H3/t6-,7+/m1/s1. The van der Waals surface area contributed by atoms with Crippen molar-refractivity contribution < 1.29 is 0 Å². The minimum absolute atomic E-state index is 0.370. The smallest absolute Gasteiger partial charge is 0.0658 e. The molecule has 0 bridgehead atoms. The van der Waals surface area contributed by atoms with Crippen LogP contribution in [-0.4, -0.2) is 0 Å². The summed E-state index contributed by atoms with van der Waals surface area (Å²) in [6.07, 6.45) is 3.66. The van der Waals surface area contributed by atoms with E-state index < -0.39 is 0 Å². The molecule has 0 spiro atoms. The lowest BCUT2D eigenvalue weighted by molar-refractivity contribution is 0.514. The summed E-state index contributed by atoms with van der Waals surface area (Å²) in [6.45, 7) is 2.17. The van der Waals surface area contributed by atoms with Gasteiger partial charge in [0.15, 0.2) is 0 Å². The predicted octanol–water partition coefficient (Wildman–Crippen LogP) is 1.95. The van der Waals surface area contributed by atoms with Crippen molar-refractivity contribution in [3.63, 3.8) is 0 Å². The van der Waals surface area contributed by atoms with Crippen LogP contribution in [0.25, 0.3) is 0 Å². The molecule has 0 aromatic rings. The van der Waals surface area contributed by atoms with Gasteiger partial charge in [0.2, 0.25) is 0 Å². The Labute approximate surface area is 50.3 Å². The van der Waals surface area contributed by atoms with E-state index in [0.29, 0.717) is 11.8 Å². The molecular weight excluding hydrogens is 98.1 g/mol. The Hall–Kier alpha value is -0.510. The van der Waals surface area contributed by atoms with Crippen LogP contribution in [0.5, 0.6) is 0 Å². The summed E-state index contributed by atoms with van der Waals surface area (Å²) < 4.78 is 0. The molecule has 1 rings (SSSR count). The second kappa shape index (κ2) is 2.17. The van der Waals surface area contributed by atoms with Crippen LogP contribution in [0.3, 0.4) is 0 Å². The van der Waals surface area contributed by atoms with E-state index in [0.717, 1.165) is 6.42 Å². The number of nitriles is 1. The molecule has 1 aliphatic rings. The highest BCUT2D eigenvalue weighted by atomic mass is 14.3. The van der Waals surface area contributed by atoms with Crippen molar-refractivity contribution in [3.8, 4) is 6.07 Å². The summed E-state index contributed by atoms with van der Waals surface area (Å²) in [6, 6.07) is 2.31. The van der Waals surface area contributed by atoms with E-state index in [2.05, 4.69) is 13.0 Å². The van der Waals surface area contributed by atoms with Gasteiger partial charge in [-0.3, -0.25) is 0 Å². The molecule has 1 heteroatoms. The SMILES string of the molecule is C[C@@H]1CCC[C@H]1C#N. The van der Waals surface area contributed by atoms with Crippen molar-refractivity contribution in [2.45, 2.75) is 26.2 Å². The first-order valence-electron chi connectivity index (χ1n) is 3.24. The molecule has 0 aromatic carbocycles. The normalized spacial score (nSPS) is 37.0. The van der Waals surface area contributed by atoms with Gasteiger partial charge in [-0.15, -0.1) is 0 Å². The summed E-state index contributed by atoms with van der Waals surface area (Å²) in [5.41, 5.74) is 0. The minimum atomic E-state index is 0.370. The molecule has 1 aliphatic carbocycles. The number of nitrogens with zero attached hydrogens (tertiary/aromatic N) is 1. The molecule has 0 aromatic heterocycles. The van der Waals surface area contributed by atoms with Crippen molar-refractivity contribution in [2.75, 3.05) is 0 Å². The lowest BCUT2D eigenvalue weighted by Gasteiger charge is -2.02. The van der Waals surface area contributed by atoms with Gasteiger partial charge in [-0.1, -0.05) is 13.3 Å². The van der Waals surface area contributed by atoms with Crippen molar-refractivity contribution in [1.29, 1.82) is 5.26 Å². The van der Waals surface area contributed by atoms with Crippen LogP contribution >= 0.6 is 0 Å². The zero-order valence-electron chi connectivity index (χ0n) is 5.22. The predicted molar refractivity (Wildman–Crippen MR) is 32.1 cm³/mol. The van der Waals surface area contributed by atoms with Gasteiger partial charge in [0.05, 0.1) is 6.07 Å². The number of hydrogen-bond acceptors (Lipinski definition) is 1. The van der Waals surface area contributed by atoms with Crippen LogP contribution < -0.4 is 0 Å². The van der Waals surface area contributed by atoms with E-state index in [1.54, 1.807) is 0 Å². The molecule has 0 radical (unpaired) electrons. The van der Waals surface area contributed by atoms with E-state index >= 15 is 0 Å². The van der Waals surface area contributed by atoms with E-state index in [1.807, 2.05) is 0 Å². The van der Waals surface area contributed by atoms with E-state index in [4.69, 9.17) is 5.26 Å². The maximum absolute atomic E-state index is 8.49. The third kappa shape index (κ3) is 0.838. The summed E-state index contributed by atoms with van der Waals surface area (Å²) >= 11 is 0. The molecule has 0 heterocycles. The van der Waals surface area contributed by atoms with Crippen molar-refractivity contribution in [2.24, 2.45) is 11.8 Å². The van der Waals surface area contributed by atoms with Crippen LogP contribution in [0.15, 0.2) is 0 Å². The Morgan fingerprint density at radius 3 is 2.50 bits per heavy atom. The van der Waals surface area contributed by atoms with E-state index in [-0.39, 0.29) is 0 Å². The fourth-order valence-electron chi connectivity index (χ4n) is 1.34. The fraction of sp³-hybridized carbons (Fsp3) is 0.857. The zero-order valence-corrected chi connectivity index (χ0v) is 5.22. The fourth-order valence-corrected chi connectivity index (χ4v) is 1.34. The first-order chi connectivity index (χ1) is 3.84. The first-order valence-corrected chi connectivity index (χ1v) is 3.24. The molecule has 0 aliphatic heterocycles. The third-order valence-electron chi connectivity index (χ3n) is 2.03. The maximum Gasteiger partial charge on any atom is 0.0658 e. The van der Waals surface area contributed by atoms with Gasteiger partial charge in [0.1, 0.15) is 0 Å². The van der Waals surface area contributed by atoms with Gasteiger partial charge in [0, 0.05) is 5.92 Å². The molecule has 0 unspecified atom stereocenters. The van der Waals surface area contributed by atoms with Crippen molar-refractivity contribution in [3.05, 3.63) is 0 Å².